The fraction of sp³-hybridized carbons (Fsp3) is 1.00. The van der Waals surface area contributed by atoms with E-state index >= 15 is 0 Å². The van der Waals surface area contributed by atoms with E-state index in [1.165, 1.54) is 0 Å². The Bertz CT molecular complexity index is 296. The molecule has 1 aliphatic rings. The van der Waals surface area contributed by atoms with Crippen molar-refractivity contribution in [2.24, 2.45) is 21.7 Å². The molecule has 1 saturated heterocycles. The van der Waals surface area contributed by atoms with Gasteiger partial charge in [-0.15, -0.1) is 0 Å². The molecule has 0 aromatic heterocycles. The molecule has 0 bridgehead atoms. The van der Waals surface area contributed by atoms with E-state index in [-0.39, 0.29) is 21.7 Å². The van der Waals surface area contributed by atoms with Gasteiger partial charge in [0.2, 0.25) is 0 Å². The van der Waals surface area contributed by atoms with Crippen LogP contribution in [-0.4, -0.2) is 24.2 Å². The lowest BCUT2D eigenvalue weighted by Gasteiger charge is -2.58. The van der Waals surface area contributed by atoms with Gasteiger partial charge in [0.15, 0.2) is 0 Å². The predicted molar refractivity (Wildman–Crippen MR) is 99.2 cm³/mol. The molecule has 1 aliphatic heterocycles. The predicted octanol–water partition coefficient (Wildman–Crippen LogP) is 4.84. The van der Waals surface area contributed by atoms with Crippen molar-refractivity contribution in [2.45, 2.75) is 107 Å². The Labute approximate surface area is 140 Å². The Kier molecular flexibility index (Phi) is 5.24. The van der Waals surface area contributed by atoms with Gasteiger partial charge >= 0.3 is 0 Å². The fourth-order valence-electron chi connectivity index (χ4n) is 3.77. The summed E-state index contributed by atoms with van der Waals surface area (Å²) in [6, 6.07) is 1.87. The molecule has 4 unspecified atom stereocenters. The monoisotopic (exact) mass is 310 g/mol. The van der Waals surface area contributed by atoms with Crippen LogP contribution in [0.5, 0.6) is 0 Å². The molecular weight excluding hydrogens is 268 g/mol. The maximum Gasteiger partial charge on any atom is 0.0278 e. The Balaban J connectivity index is 3.30. The maximum absolute atomic E-state index is 4.08. The Morgan fingerprint density at radius 1 is 0.364 bits per heavy atom. The molecule has 0 saturated carbocycles. The second-order valence-corrected chi connectivity index (χ2v) is 11.7. The van der Waals surface area contributed by atoms with Crippen molar-refractivity contribution >= 4 is 0 Å². The molecule has 4 atom stereocenters. The van der Waals surface area contributed by atoms with Gasteiger partial charge in [0.05, 0.1) is 0 Å². The van der Waals surface area contributed by atoms with Crippen LogP contribution in [0, 0.1) is 21.7 Å². The summed E-state index contributed by atoms with van der Waals surface area (Å²) in [6.07, 6.45) is 0. The topological polar surface area (TPSA) is 24.1 Å². The highest BCUT2D eigenvalue weighted by molar-refractivity contribution is 5.10. The first-order chi connectivity index (χ1) is 9.45. The summed E-state index contributed by atoms with van der Waals surface area (Å²) in [5, 5.41) is 8.17. The van der Waals surface area contributed by atoms with E-state index < -0.39 is 0 Å². The molecule has 2 nitrogen and oxygen atoms in total. The summed E-state index contributed by atoms with van der Waals surface area (Å²) in [7, 11) is 0. The Morgan fingerprint density at radius 2 is 0.500 bits per heavy atom. The number of nitrogens with one attached hydrogen (secondary N) is 2. The summed E-state index contributed by atoms with van der Waals surface area (Å²) < 4.78 is 0. The van der Waals surface area contributed by atoms with Crippen LogP contribution in [0.3, 0.4) is 0 Å². The molecule has 1 rings (SSSR count). The standard InChI is InChI=1S/C20H42N2/c1-17(2,3)13-14(18(4,5)6)22-16(20(10,11)12)15(21-13)19(7,8)9/h13-16,21-22H,1-12H3. The van der Waals surface area contributed by atoms with Crippen LogP contribution in [0.1, 0.15) is 83.1 Å². The molecule has 0 spiro atoms. The van der Waals surface area contributed by atoms with Crippen molar-refractivity contribution < 1.29 is 0 Å². The van der Waals surface area contributed by atoms with Crippen LogP contribution in [0.4, 0.5) is 0 Å². The first kappa shape index (κ1) is 20.0. The third kappa shape index (κ3) is 4.47. The van der Waals surface area contributed by atoms with Crippen LogP contribution in [-0.2, 0) is 0 Å². The third-order valence-electron chi connectivity index (χ3n) is 5.12. The number of hydrogen-bond donors (Lipinski definition) is 2. The molecule has 1 heterocycles. The van der Waals surface area contributed by atoms with Gasteiger partial charge in [-0.1, -0.05) is 83.1 Å². The molecule has 0 aromatic carbocycles. The third-order valence-corrected chi connectivity index (χ3v) is 5.12. The highest BCUT2D eigenvalue weighted by Crippen LogP contribution is 2.40. The maximum atomic E-state index is 4.08. The number of piperazine rings is 1. The highest BCUT2D eigenvalue weighted by Gasteiger charge is 2.50. The molecule has 0 aliphatic carbocycles. The lowest BCUT2D eigenvalue weighted by Crippen LogP contribution is -2.76. The number of rotatable bonds is 0. The molecular formula is C20H42N2. The van der Waals surface area contributed by atoms with Crippen LogP contribution < -0.4 is 10.6 Å². The summed E-state index contributed by atoms with van der Waals surface area (Å²) >= 11 is 0. The van der Waals surface area contributed by atoms with Gasteiger partial charge in [-0.05, 0) is 21.7 Å². The SMILES string of the molecule is CC(C)(C)C1NC(C(C)(C)C)C(C(C)(C)C)NC1C(C)(C)C. The molecule has 132 valence electrons. The first-order valence-electron chi connectivity index (χ1n) is 8.98. The minimum Gasteiger partial charge on any atom is -0.307 e. The van der Waals surface area contributed by atoms with Gasteiger partial charge in [-0.3, -0.25) is 0 Å². The molecule has 0 aromatic rings. The van der Waals surface area contributed by atoms with Crippen molar-refractivity contribution in [2.75, 3.05) is 0 Å². The van der Waals surface area contributed by atoms with E-state index in [1.54, 1.807) is 0 Å². The Morgan fingerprint density at radius 3 is 0.591 bits per heavy atom. The van der Waals surface area contributed by atoms with Crippen molar-refractivity contribution in [3.05, 3.63) is 0 Å². The van der Waals surface area contributed by atoms with E-state index in [0.29, 0.717) is 24.2 Å². The fourth-order valence-corrected chi connectivity index (χ4v) is 3.77. The molecule has 1 fully saturated rings. The van der Waals surface area contributed by atoms with Gasteiger partial charge in [0.25, 0.3) is 0 Å². The molecule has 0 amide bonds. The van der Waals surface area contributed by atoms with Crippen LogP contribution in [0.15, 0.2) is 0 Å². The van der Waals surface area contributed by atoms with E-state index in [9.17, 15) is 0 Å². The lowest BCUT2D eigenvalue weighted by atomic mass is 9.65. The zero-order valence-electron chi connectivity index (χ0n) is 17.3. The lowest BCUT2D eigenvalue weighted by molar-refractivity contribution is 0.00174. The molecule has 2 heteroatoms. The quantitative estimate of drug-likeness (QED) is 0.669. The molecule has 22 heavy (non-hydrogen) atoms. The van der Waals surface area contributed by atoms with Crippen molar-refractivity contribution in [3.8, 4) is 0 Å². The average molecular weight is 311 g/mol. The van der Waals surface area contributed by atoms with Crippen molar-refractivity contribution in [1.82, 2.24) is 10.6 Å². The van der Waals surface area contributed by atoms with E-state index in [4.69, 9.17) is 0 Å². The summed E-state index contributed by atoms with van der Waals surface area (Å²) in [5.41, 5.74) is 0.934. The van der Waals surface area contributed by atoms with Crippen LogP contribution in [0.2, 0.25) is 0 Å². The smallest absolute Gasteiger partial charge is 0.0278 e. The summed E-state index contributed by atoms with van der Waals surface area (Å²) in [6.45, 7) is 28.4. The zero-order chi connectivity index (χ0) is 17.7. The van der Waals surface area contributed by atoms with Gasteiger partial charge in [0.1, 0.15) is 0 Å². The van der Waals surface area contributed by atoms with Crippen molar-refractivity contribution in [3.63, 3.8) is 0 Å². The largest absolute Gasteiger partial charge is 0.307 e. The second-order valence-electron chi connectivity index (χ2n) is 11.7. The van der Waals surface area contributed by atoms with Crippen LogP contribution in [0.25, 0.3) is 0 Å². The average Bonchev–Trinajstić information content (AvgIpc) is 2.22. The first-order valence-corrected chi connectivity index (χ1v) is 8.98. The summed E-state index contributed by atoms with van der Waals surface area (Å²) in [4.78, 5) is 0. The van der Waals surface area contributed by atoms with E-state index in [2.05, 4.69) is 93.7 Å². The van der Waals surface area contributed by atoms with E-state index in [0.717, 1.165) is 0 Å². The minimum atomic E-state index is 0.233. The molecule has 0 radical (unpaired) electrons. The Hall–Kier alpha value is -0.0800. The van der Waals surface area contributed by atoms with Gasteiger partial charge in [0, 0.05) is 24.2 Å². The second kappa shape index (κ2) is 5.77. The minimum absolute atomic E-state index is 0.233. The van der Waals surface area contributed by atoms with Gasteiger partial charge < -0.3 is 10.6 Å². The normalized spacial score (nSPS) is 32.2. The molecule has 2 N–H and O–H groups in total. The highest BCUT2D eigenvalue weighted by atomic mass is 15.2. The van der Waals surface area contributed by atoms with Crippen LogP contribution >= 0.6 is 0 Å². The number of hydrogen-bond acceptors (Lipinski definition) is 2. The van der Waals surface area contributed by atoms with Gasteiger partial charge in [-0.25, -0.2) is 0 Å². The zero-order valence-corrected chi connectivity index (χ0v) is 17.3. The van der Waals surface area contributed by atoms with Crippen molar-refractivity contribution in [1.29, 1.82) is 0 Å². The van der Waals surface area contributed by atoms with E-state index in [1.807, 2.05) is 0 Å². The summed E-state index contributed by atoms with van der Waals surface area (Å²) in [5.74, 6) is 0. The van der Waals surface area contributed by atoms with Gasteiger partial charge in [-0.2, -0.15) is 0 Å².